The zero-order chi connectivity index (χ0) is 17.1. The molecule has 0 aliphatic carbocycles. The van der Waals surface area contributed by atoms with Crippen LogP contribution in [0, 0.1) is 23.0 Å². The molecule has 0 bridgehead atoms. The first kappa shape index (κ1) is 18.0. The number of rotatable bonds is 6. The van der Waals surface area contributed by atoms with E-state index in [0.29, 0.717) is 12.1 Å². The Morgan fingerprint density at radius 2 is 1.86 bits per heavy atom. The topological polar surface area (TPSA) is 107 Å². The lowest BCUT2D eigenvalue weighted by molar-refractivity contribution is -0.137. The molecule has 0 heterocycles. The van der Waals surface area contributed by atoms with Crippen LogP contribution in [0.4, 0.5) is 8.78 Å². The molecule has 0 spiro atoms. The number of benzene rings is 1. The van der Waals surface area contributed by atoms with Gasteiger partial charge in [-0.1, -0.05) is 0 Å². The van der Waals surface area contributed by atoms with Gasteiger partial charge >= 0.3 is 5.97 Å². The summed E-state index contributed by atoms with van der Waals surface area (Å²) >= 11 is 0. The van der Waals surface area contributed by atoms with Gasteiger partial charge in [0, 0.05) is 12.0 Å². The Hall–Kier alpha value is -2.05. The molecule has 1 aromatic carbocycles. The summed E-state index contributed by atoms with van der Waals surface area (Å²) in [7, 11) is -4.55. The quantitative estimate of drug-likeness (QED) is 0.825. The van der Waals surface area contributed by atoms with Crippen LogP contribution in [-0.2, 0) is 14.8 Å². The third kappa shape index (κ3) is 4.47. The lowest BCUT2D eigenvalue weighted by Gasteiger charge is -2.25. The molecule has 0 aromatic heterocycles. The maximum atomic E-state index is 13.8. The minimum atomic E-state index is -4.55. The fourth-order valence-electron chi connectivity index (χ4n) is 1.77. The fourth-order valence-corrected chi connectivity index (χ4v) is 3.33. The molecule has 6 nitrogen and oxygen atoms in total. The number of hydrogen-bond acceptors (Lipinski definition) is 4. The molecule has 22 heavy (non-hydrogen) atoms. The number of nitriles is 1. The second-order valence-corrected chi connectivity index (χ2v) is 6.88. The van der Waals surface area contributed by atoms with E-state index in [4.69, 9.17) is 10.4 Å². The van der Waals surface area contributed by atoms with Crippen molar-refractivity contribution in [1.82, 2.24) is 4.72 Å². The molecular formula is C13H14F2N2O4S. The van der Waals surface area contributed by atoms with Crippen molar-refractivity contribution in [3.05, 3.63) is 29.3 Å². The van der Waals surface area contributed by atoms with Crippen LogP contribution in [0.5, 0.6) is 0 Å². The zero-order valence-corrected chi connectivity index (χ0v) is 12.7. The van der Waals surface area contributed by atoms with E-state index in [1.54, 1.807) is 0 Å². The first-order chi connectivity index (χ1) is 9.98. The van der Waals surface area contributed by atoms with Crippen molar-refractivity contribution in [3.8, 4) is 6.07 Å². The Kier molecular flexibility index (Phi) is 5.22. The van der Waals surface area contributed by atoms with Crippen molar-refractivity contribution in [2.75, 3.05) is 0 Å². The Morgan fingerprint density at radius 3 is 2.27 bits per heavy atom. The number of sulfonamides is 1. The molecule has 0 atom stereocenters. The van der Waals surface area contributed by atoms with Crippen LogP contribution in [0.15, 0.2) is 17.0 Å². The maximum Gasteiger partial charge on any atom is 0.303 e. The standard InChI is InChI=1S/C13H14F2N2O4S/c1-13(2,4-3-11(18)19)17-22(20,21)12-9(14)5-8(7-16)6-10(12)15/h5-6,17H,3-4H2,1-2H3,(H,18,19). The molecular weight excluding hydrogens is 318 g/mol. The zero-order valence-electron chi connectivity index (χ0n) is 11.9. The van der Waals surface area contributed by atoms with Gasteiger partial charge in [-0.2, -0.15) is 5.26 Å². The summed E-state index contributed by atoms with van der Waals surface area (Å²) < 4.78 is 53.9. The van der Waals surface area contributed by atoms with Crippen molar-refractivity contribution in [2.24, 2.45) is 0 Å². The summed E-state index contributed by atoms with van der Waals surface area (Å²) in [5.74, 6) is -3.90. The Bertz CT molecular complexity index is 716. The number of nitrogens with zero attached hydrogens (tertiary/aromatic N) is 1. The monoisotopic (exact) mass is 332 g/mol. The molecule has 0 aliphatic rings. The smallest absolute Gasteiger partial charge is 0.303 e. The van der Waals surface area contributed by atoms with Crippen LogP contribution in [0.3, 0.4) is 0 Å². The number of halogens is 2. The highest BCUT2D eigenvalue weighted by Crippen LogP contribution is 2.23. The van der Waals surface area contributed by atoms with Gasteiger partial charge in [-0.3, -0.25) is 4.79 Å². The highest BCUT2D eigenvalue weighted by atomic mass is 32.2. The summed E-state index contributed by atoms with van der Waals surface area (Å²) in [5.41, 5.74) is -1.57. The van der Waals surface area contributed by atoms with E-state index in [1.165, 1.54) is 19.9 Å². The molecule has 0 saturated heterocycles. The van der Waals surface area contributed by atoms with E-state index < -0.39 is 38.1 Å². The van der Waals surface area contributed by atoms with Gasteiger partial charge in [0.25, 0.3) is 0 Å². The van der Waals surface area contributed by atoms with Gasteiger partial charge in [-0.15, -0.1) is 0 Å². The third-order valence-corrected chi connectivity index (χ3v) is 4.52. The normalized spacial score (nSPS) is 12.0. The van der Waals surface area contributed by atoms with E-state index in [2.05, 4.69) is 4.72 Å². The van der Waals surface area contributed by atoms with Crippen LogP contribution in [0.25, 0.3) is 0 Å². The minimum absolute atomic E-state index is 0.0684. The Balaban J connectivity index is 3.16. The van der Waals surface area contributed by atoms with Crippen molar-refractivity contribution in [1.29, 1.82) is 5.26 Å². The van der Waals surface area contributed by atoms with E-state index in [1.807, 2.05) is 0 Å². The summed E-state index contributed by atoms with van der Waals surface area (Å²) in [5, 5.41) is 17.2. The molecule has 0 fully saturated rings. The number of hydrogen-bond donors (Lipinski definition) is 2. The summed E-state index contributed by atoms with van der Waals surface area (Å²) in [6, 6.07) is 2.73. The van der Waals surface area contributed by atoms with Gasteiger partial charge in [-0.05, 0) is 32.4 Å². The van der Waals surface area contributed by atoms with Crippen LogP contribution < -0.4 is 4.72 Å². The third-order valence-electron chi connectivity index (χ3n) is 2.77. The Morgan fingerprint density at radius 1 is 1.36 bits per heavy atom. The van der Waals surface area contributed by atoms with Crippen molar-refractivity contribution < 1.29 is 27.1 Å². The van der Waals surface area contributed by atoms with Gasteiger partial charge in [0.1, 0.15) is 11.6 Å². The lowest BCUT2D eigenvalue weighted by atomic mass is 10.0. The largest absolute Gasteiger partial charge is 0.481 e. The lowest BCUT2D eigenvalue weighted by Crippen LogP contribution is -2.44. The average molecular weight is 332 g/mol. The van der Waals surface area contributed by atoms with Crippen LogP contribution in [-0.4, -0.2) is 25.0 Å². The number of carboxylic acids is 1. The molecule has 9 heteroatoms. The van der Waals surface area contributed by atoms with E-state index in [9.17, 15) is 22.0 Å². The summed E-state index contributed by atoms with van der Waals surface area (Å²) in [6.45, 7) is 2.79. The molecule has 2 N–H and O–H groups in total. The number of nitrogens with one attached hydrogen (secondary N) is 1. The molecule has 0 amide bonds. The molecule has 0 radical (unpaired) electrons. The number of aliphatic carboxylic acids is 1. The molecule has 0 unspecified atom stereocenters. The first-order valence-electron chi connectivity index (χ1n) is 6.13. The molecule has 1 aromatic rings. The van der Waals surface area contributed by atoms with Crippen LogP contribution >= 0.6 is 0 Å². The van der Waals surface area contributed by atoms with Gasteiger partial charge < -0.3 is 5.11 Å². The predicted molar refractivity (Wildman–Crippen MR) is 72.3 cm³/mol. The number of carboxylic acid groups (broad SMARTS) is 1. The predicted octanol–water partition coefficient (Wildman–Crippen LogP) is 1.76. The first-order valence-corrected chi connectivity index (χ1v) is 7.62. The molecule has 1 rings (SSSR count). The number of carbonyl (C=O) groups is 1. The highest BCUT2D eigenvalue weighted by molar-refractivity contribution is 7.89. The molecule has 0 saturated carbocycles. The highest BCUT2D eigenvalue weighted by Gasteiger charge is 2.31. The summed E-state index contributed by atoms with van der Waals surface area (Å²) in [6.07, 6.45) is -0.380. The SMILES string of the molecule is CC(C)(CCC(=O)O)NS(=O)(=O)c1c(F)cc(C#N)cc1F. The summed E-state index contributed by atoms with van der Waals surface area (Å²) in [4.78, 5) is 9.33. The van der Waals surface area contributed by atoms with Gasteiger partial charge in [0.2, 0.25) is 10.0 Å². The maximum absolute atomic E-state index is 13.8. The van der Waals surface area contributed by atoms with Crippen molar-refractivity contribution in [2.45, 2.75) is 37.1 Å². The van der Waals surface area contributed by atoms with Gasteiger partial charge in [0.05, 0.1) is 11.6 Å². The molecule has 120 valence electrons. The van der Waals surface area contributed by atoms with E-state index in [-0.39, 0.29) is 18.4 Å². The second kappa shape index (κ2) is 6.37. The van der Waals surface area contributed by atoms with Crippen LogP contribution in [0.2, 0.25) is 0 Å². The van der Waals surface area contributed by atoms with Crippen molar-refractivity contribution in [3.63, 3.8) is 0 Å². The van der Waals surface area contributed by atoms with Crippen molar-refractivity contribution >= 4 is 16.0 Å². The average Bonchev–Trinajstić information content (AvgIpc) is 2.33. The Labute approximate surface area is 126 Å². The second-order valence-electron chi connectivity index (χ2n) is 5.26. The van der Waals surface area contributed by atoms with Crippen LogP contribution in [0.1, 0.15) is 32.3 Å². The van der Waals surface area contributed by atoms with Gasteiger partial charge in [0.15, 0.2) is 4.90 Å². The molecule has 0 aliphatic heterocycles. The fraction of sp³-hybridized carbons (Fsp3) is 0.385. The minimum Gasteiger partial charge on any atom is -0.481 e. The van der Waals surface area contributed by atoms with E-state index >= 15 is 0 Å². The van der Waals surface area contributed by atoms with E-state index in [0.717, 1.165) is 0 Å². The van der Waals surface area contributed by atoms with Gasteiger partial charge in [-0.25, -0.2) is 21.9 Å².